The Morgan fingerprint density at radius 1 is 1.31 bits per heavy atom. The molecule has 1 unspecified atom stereocenters. The van der Waals surface area contributed by atoms with Crippen molar-refractivity contribution in [1.29, 1.82) is 0 Å². The van der Waals surface area contributed by atoms with E-state index < -0.39 is 34.4 Å². The first-order valence-electron chi connectivity index (χ1n) is 8.54. The Hall–Kier alpha value is -1.76. The minimum atomic E-state index is -4.82. The molecular weight excluding hydrogens is 368 g/mol. The lowest BCUT2D eigenvalue weighted by Crippen LogP contribution is -2.50. The number of Topliss-reactive ketones (excluding diaryl/α,β-unsaturated/α-hetero) is 1. The molecule has 146 valence electrons. The summed E-state index contributed by atoms with van der Waals surface area (Å²) in [6.45, 7) is 0.906. The fourth-order valence-corrected chi connectivity index (χ4v) is 4.07. The van der Waals surface area contributed by atoms with Gasteiger partial charge in [0, 0.05) is 19.0 Å². The lowest BCUT2D eigenvalue weighted by atomic mass is 10.00. The second kappa shape index (κ2) is 7.47. The van der Waals surface area contributed by atoms with Crippen molar-refractivity contribution in [3.05, 3.63) is 0 Å². The van der Waals surface area contributed by atoms with Crippen molar-refractivity contribution >= 4 is 28.1 Å². The minimum absolute atomic E-state index is 0.0875. The van der Waals surface area contributed by atoms with Crippen molar-refractivity contribution in [3.8, 4) is 0 Å². The van der Waals surface area contributed by atoms with E-state index in [1.807, 2.05) is 0 Å². The molecule has 3 N–H and O–H groups in total. The largest absolute Gasteiger partial charge is 0.418 e. The highest BCUT2D eigenvalue weighted by Crippen LogP contribution is 2.30. The number of nitrogens with zero attached hydrogens (tertiary/aromatic N) is 2. The lowest BCUT2D eigenvalue weighted by molar-refractivity contribution is -0.128. The van der Waals surface area contributed by atoms with E-state index in [2.05, 4.69) is 14.9 Å². The topological polar surface area (TPSA) is 145 Å². The third kappa shape index (κ3) is 4.31. The number of nitrogens with one attached hydrogen (secondary N) is 2. The van der Waals surface area contributed by atoms with Gasteiger partial charge in [0.2, 0.25) is 5.91 Å². The summed E-state index contributed by atoms with van der Waals surface area (Å²) >= 11 is 0. The monoisotopic (exact) mass is 390 g/mol. The molecule has 0 aromatic rings. The van der Waals surface area contributed by atoms with Gasteiger partial charge in [0.25, 0.3) is 0 Å². The number of amides is 3. The van der Waals surface area contributed by atoms with E-state index in [1.165, 1.54) is 4.90 Å². The van der Waals surface area contributed by atoms with Crippen LogP contribution in [0.1, 0.15) is 32.1 Å². The molecule has 0 saturated carbocycles. The molecule has 0 aliphatic carbocycles. The number of hydroxylamine groups is 2. The van der Waals surface area contributed by atoms with Crippen LogP contribution in [0.2, 0.25) is 0 Å². The summed E-state index contributed by atoms with van der Waals surface area (Å²) in [6.07, 6.45) is 2.98. The summed E-state index contributed by atoms with van der Waals surface area (Å²) in [7, 11) is -4.82. The van der Waals surface area contributed by atoms with Gasteiger partial charge in [-0.05, 0) is 32.2 Å². The van der Waals surface area contributed by atoms with E-state index >= 15 is 0 Å². The van der Waals surface area contributed by atoms with Gasteiger partial charge in [0.1, 0.15) is 6.04 Å². The SMILES string of the molecule is O=C(CNC(=O)[C@@H]1CC[C@@H]2CN1C(=O)N2OS(=O)(=O)O)CC1CCCN1. The van der Waals surface area contributed by atoms with Gasteiger partial charge in [0.15, 0.2) is 5.78 Å². The molecule has 3 aliphatic rings. The number of fused-ring (bicyclic) bond motifs is 2. The maximum absolute atomic E-state index is 12.4. The van der Waals surface area contributed by atoms with E-state index in [0.29, 0.717) is 24.3 Å². The molecule has 3 heterocycles. The molecule has 3 saturated heterocycles. The number of hydrogen-bond donors (Lipinski definition) is 3. The fourth-order valence-electron chi connectivity index (χ4n) is 3.69. The van der Waals surface area contributed by atoms with Crippen molar-refractivity contribution in [2.24, 2.45) is 0 Å². The number of rotatable bonds is 7. The average Bonchev–Trinajstić information content (AvgIpc) is 3.15. The maximum Gasteiger partial charge on any atom is 0.418 e. The van der Waals surface area contributed by atoms with Gasteiger partial charge in [-0.1, -0.05) is 0 Å². The Labute approximate surface area is 150 Å². The van der Waals surface area contributed by atoms with Crippen LogP contribution in [-0.2, 0) is 24.3 Å². The summed E-state index contributed by atoms with van der Waals surface area (Å²) in [5, 5.41) is 6.35. The first-order chi connectivity index (χ1) is 12.2. The molecule has 3 fully saturated rings. The van der Waals surface area contributed by atoms with Crippen molar-refractivity contribution < 1.29 is 31.6 Å². The van der Waals surface area contributed by atoms with Crippen LogP contribution in [0.4, 0.5) is 4.79 Å². The Kier molecular flexibility index (Phi) is 5.46. The molecule has 0 aromatic heterocycles. The smallest absolute Gasteiger partial charge is 0.347 e. The van der Waals surface area contributed by atoms with Crippen LogP contribution in [-0.4, -0.2) is 78.4 Å². The van der Waals surface area contributed by atoms with Crippen LogP contribution in [0, 0.1) is 0 Å². The van der Waals surface area contributed by atoms with Gasteiger partial charge in [-0.3, -0.25) is 14.1 Å². The summed E-state index contributed by atoms with van der Waals surface area (Å²) in [5.41, 5.74) is 0. The average molecular weight is 390 g/mol. The predicted octanol–water partition coefficient (Wildman–Crippen LogP) is -1.18. The second-order valence-corrected chi connectivity index (χ2v) is 7.77. The third-order valence-corrected chi connectivity index (χ3v) is 5.25. The van der Waals surface area contributed by atoms with E-state index in [4.69, 9.17) is 4.55 Å². The zero-order valence-corrected chi connectivity index (χ0v) is 14.9. The Balaban J connectivity index is 1.52. The first kappa shape index (κ1) is 19.0. The van der Waals surface area contributed by atoms with Crippen LogP contribution >= 0.6 is 0 Å². The van der Waals surface area contributed by atoms with Crippen LogP contribution in [0.5, 0.6) is 0 Å². The standard InChI is InChI=1S/C14H22N4O7S/c19-11(6-9-2-1-5-15-9)7-16-13(20)12-4-3-10-8-17(12)14(21)18(10)25-26(22,23)24/h9-10,12,15H,1-8H2,(H,16,20)(H,22,23,24)/t9?,10-,12+/m1/s1. The van der Waals surface area contributed by atoms with E-state index in [1.54, 1.807) is 0 Å². The zero-order chi connectivity index (χ0) is 18.9. The molecule has 0 aromatic carbocycles. The molecule has 3 atom stereocenters. The number of carbonyl (C=O) groups is 3. The minimum Gasteiger partial charge on any atom is -0.347 e. The third-order valence-electron chi connectivity index (χ3n) is 4.90. The van der Waals surface area contributed by atoms with E-state index in [-0.39, 0.29) is 24.9 Å². The molecule has 12 heteroatoms. The van der Waals surface area contributed by atoms with Crippen molar-refractivity contribution in [2.45, 2.75) is 50.2 Å². The molecule has 0 radical (unpaired) electrons. The highest BCUT2D eigenvalue weighted by molar-refractivity contribution is 7.80. The second-order valence-electron chi connectivity index (χ2n) is 6.76. The van der Waals surface area contributed by atoms with Crippen LogP contribution in [0.25, 0.3) is 0 Å². The summed E-state index contributed by atoms with van der Waals surface area (Å²) in [6, 6.07) is -2.00. The molecule has 0 spiro atoms. The Morgan fingerprint density at radius 3 is 2.73 bits per heavy atom. The summed E-state index contributed by atoms with van der Waals surface area (Å²) in [5.74, 6) is -0.547. The molecule has 3 rings (SSSR count). The normalized spacial score (nSPS) is 28.5. The van der Waals surface area contributed by atoms with Crippen LogP contribution < -0.4 is 10.6 Å². The highest BCUT2D eigenvalue weighted by atomic mass is 32.3. The van der Waals surface area contributed by atoms with E-state index in [0.717, 1.165) is 19.4 Å². The first-order valence-corrected chi connectivity index (χ1v) is 9.91. The molecule has 11 nitrogen and oxygen atoms in total. The van der Waals surface area contributed by atoms with Gasteiger partial charge in [0.05, 0.1) is 12.6 Å². The van der Waals surface area contributed by atoms with E-state index in [9.17, 15) is 22.8 Å². The van der Waals surface area contributed by atoms with Crippen LogP contribution in [0.15, 0.2) is 0 Å². The molecule has 3 amide bonds. The van der Waals surface area contributed by atoms with Gasteiger partial charge in [-0.25, -0.2) is 4.79 Å². The van der Waals surface area contributed by atoms with Gasteiger partial charge >= 0.3 is 16.4 Å². The summed E-state index contributed by atoms with van der Waals surface area (Å²) in [4.78, 5) is 37.8. The number of carbonyl (C=O) groups excluding carboxylic acids is 3. The highest BCUT2D eigenvalue weighted by Gasteiger charge is 2.49. The predicted molar refractivity (Wildman–Crippen MR) is 87.0 cm³/mol. The number of hydrogen-bond acceptors (Lipinski definition) is 7. The molecule has 26 heavy (non-hydrogen) atoms. The Morgan fingerprint density at radius 2 is 2.08 bits per heavy atom. The molecular formula is C14H22N4O7S. The molecule has 3 aliphatic heterocycles. The van der Waals surface area contributed by atoms with Gasteiger partial charge < -0.3 is 15.5 Å². The van der Waals surface area contributed by atoms with Crippen LogP contribution in [0.3, 0.4) is 0 Å². The zero-order valence-electron chi connectivity index (χ0n) is 14.1. The van der Waals surface area contributed by atoms with Gasteiger partial charge in [-0.15, -0.1) is 4.28 Å². The maximum atomic E-state index is 12.4. The van der Waals surface area contributed by atoms with Crippen molar-refractivity contribution in [2.75, 3.05) is 19.6 Å². The lowest BCUT2D eigenvalue weighted by Gasteiger charge is -2.29. The Bertz CT molecular complexity index is 691. The number of piperidine rings is 1. The molecule has 2 bridgehead atoms. The number of urea groups is 1. The van der Waals surface area contributed by atoms with Gasteiger partial charge in [-0.2, -0.15) is 13.5 Å². The quantitative estimate of drug-likeness (QED) is 0.461. The van der Waals surface area contributed by atoms with Crippen molar-refractivity contribution in [3.63, 3.8) is 0 Å². The summed E-state index contributed by atoms with van der Waals surface area (Å²) < 4.78 is 34.8. The number of ketones is 1. The van der Waals surface area contributed by atoms with Crippen molar-refractivity contribution in [1.82, 2.24) is 20.6 Å². The fraction of sp³-hybridized carbons (Fsp3) is 0.786.